The number of nitrogens with one attached hydrogen (secondary N) is 2. The van der Waals surface area contributed by atoms with Gasteiger partial charge in [-0.3, -0.25) is 14.6 Å². The highest BCUT2D eigenvalue weighted by molar-refractivity contribution is 6.00. The monoisotopic (exact) mass is 305 g/mol. The van der Waals surface area contributed by atoms with Crippen molar-refractivity contribution in [2.75, 3.05) is 27.2 Å². The minimum atomic E-state index is -0.556. The number of aromatic amines is 1. The van der Waals surface area contributed by atoms with Crippen LogP contribution in [0.5, 0.6) is 0 Å². The molecule has 1 amide bonds. The lowest BCUT2D eigenvalue weighted by Gasteiger charge is -2.10. The molecule has 0 unspecified atom stereocenters. The molecule has 0 bridgehead atoms. The Bertz CT molecular complexity index is 730. The zero-order valence-electron chi connectivity index (χ0n) is 12.6. The number of benzene rings is 1. The van der Waals surface area contributed by atoms with Crippen molar-refractivity contribution in [3.8, 4) is 0 Å². The molecule has 0 aliphatic carbocycles. The molecule has 7 nitrogen and oxygen atoms in total. The molecule has 0 spiro atoms. The predicted octanol–water partition coefficient (Wildman–Crippen LogP) is 0.762. The van der Waals surface area contributed by atoms with Crippen molar-refractivity contribution in [3.05, 3.63) is 34.3 Å². The van der Waals surface area contributed by atoms with Crippen molar-refractivity contribution in [3.63, 3.8) is 0 Å². The number of oxazole rings is 1. The zero-order valence-corrected chi connectivity index (χ0v) is 12.6. The van der Waals surface area contributed by atoms with Crippen molar-refractivity contribution in [2.45, 2.75) is 12.8 Å². The standard InChI is InChI=1S/C15H19N3O4/c1-18(2)8-7-16-14(20)6-5-12(19)10-3-4-11-13(9-10)22-15(21)17-11/h3-4,9H,5-8H2,1-2H3,(H,16,20)(H,17,21). The highest BCUT2D eigenvalue weighted by Crippen LogP contribution is 2.14. The van der Waals surface area contributed by atoms with E-state index in [0.717, 1.165) is 6.54 Å². The SMILES string of the molecule is CN(C)CCNC(=O)CCC(=O)c1ccc2[nH]c(=O)oc2c1. The fourth-order valence-electron chi connectivity index (χ4n) is 2.00. The van der Waals surface area contributed by atoms with Crippen LogP contribution < -0.4 is 11.1 Å². The fraction of sp³-hybridized carbons (Fsp3) is 0.400. The van der Waals surface area contributed by atoms with Gasteiger partial charge in [0.1, 0.15) is 0 Å². The van der Waals surface area contributed by atoms with Gasteiger partial charge in [-0.1, -0.05) is 0 Å². The van der Waals surface area contributed by atoms with E-state index in [-0.39, 0.29) is 24.5 Å². The number of carbonyl (C=O) groups excluding carboxylic acids is 2. The summed E-state index contributed by atoms with van der Waals surface area (Å²) in [6.07, 6.45) is 0.259. The molecule has 1 aromatic heterocycles. The Morgan fingerprint density at radius 3 is 2.77 bits per heavy atom. The van der Waals surface area contributed by atoms with Crippen molar-refractivity contribution >= 4 is 22.8 Å². The van der Waals surface area contributed by atoms with Crippen LogP contribution in [0.2, 0.25) is 0 Å². The van der Waals surface area contributed by atoms with Crippen molar-refractivity contribution in [2.24, 2.45) is 0 Å². The second-order valence-electron chi connectivity index (χ2n) is 5.30. The Balaban J connectivity index is 1.88. The van der Waals surface area contributed by atoms with E-state index >= 15 is 0 Å². The molecule has 0 aliphatic rings. The molecule has 2 N–H and O–H groups in total. The summed E-state index contributed by atoms with van der Waals surface area (Å²) in [6.45, 7) is 1.31. The molecule has 1 heterocycles. The van der Waals surface area contributed by atoms with Gasteiger partial charge in [0, 0.05) is 31.5 Å². The molecule has 1 aromatic carbocycles. The number of rotatable bonds is 7. The number of amides is 1. The average Bonchev–Trinajstić information content (AvgIpc) is 2.83. The fourth-order valence-corrected chi connectivity index (χ4v) is 2.00. The number of likely N-dealkylation sites (N-methyl/N-ethyl adjacent to an activating group) is 1. The number of ketones is 1. The summed E-state index contributed by atoms with van der Waals surface area (Å²) in [7, 11) is 3.84. The van der Waals surface area contributed by atoms with E-state index in [1.54, 1.807) is 12.1 Å². The lowest BCUT2D eigenvalue weighted by atomic mass is 10.1. The van der Waals surface area contributed by atoms with Crippen LogP contribution in [-0.4, -0.2) is 48.8 Å². The normalized spacial score (nSPS) is 11.0. The number of H-pyrrole nitrogens is 1. The van der Waals surface area contributed by atoms with Gasteiger partial charge in [-0.05, 0) is 32.3 Å². The Hall–Kier alpha value is -2.41. The predicted molar refractivity (Wildman–Crippen MR) is 82.0 cm³/mol. The molecule has 0 radical (unpaired) electrons. The van der Waals surface area contributed by atoms with Gasteiger partial charge in [-0.2, -0.15) is 0 Å². The molecule has 2 rings (SSSR count). The number of fused-ring (bicyclic) bond motifs is 1. The summed E-state index contributed by atoms with van der Waals surface area (Å²) in [5, 5.41) is 2.76. The number of Topliss-reactive ketones (excluding diaryl/α,β-unsaturated/α-hetero) is 1. The van der Waals surface area contributed by atoms with Crippen LogP contribution in [0.15, 0.2) is 27.4 Å². The van der Waals surface area contributed by atoms with Crippen LogP contribution in [0.25, 0.3) is 11.1 Å². The summed E-state index contributed by atoms with van der Waals surface area (Å²) in [6, 6.07) is 4.74. The largest absolute Gasteiger partial charge is 0.417 e. The summed E-state index contributed by atoms with van der Waals surface area (Å²) < 4.78 is 4.91. The van der Waals surface area contributed by atoms with Gasteiger partial charge in [-0.25, -0.2) is 4.79 Å². The first-order valence-corrected chi connectivity index (χ1v) is 7.03. The Morgan fingerprint density at radius 2 is 2.05 bits per heavy atom. The van der Waals surface area contributed by atoms with Crippen molar-refractivity contribution in [1.82, 2.24) is 15.2 Å². The third-order valence-electron chi connectivity index (χ3n) is 3.20. The maximum atomic E-state index is 12.1. The first-order chi connectivity index (χ1) is 10.5. The molecule has 0 atom stereocenters. The molecule has 0 aliphatic heterocycles. The van der Waals surface area contributed by atoms with Crippen molar-refractivity contribution < 1.29 is 14.0 Å². The molecule has 0 saturated heterocycles. The number of hydrogen-bond donors (Lipinski definition) is 2. The lowest BCUT2D eigenvalue weighted by Crippen LogP contribution is -2.31. The van der Waals surface area contributed by atoms with Crippen LogP contribution in [0.4, 0.5) is 0 Å². The molecule has 2 aromatic rings. The smallest absolute Gasteiger partial charge is 0.408 e. The number of hydrogen-bond acceptors (Lipinski definition) is 5. The van der Waals surface area contributed by atoms with E-state index in [9.17, 15) is 14.4 Å². The van der Waals surface area contributed by atoms with Crippen LogP contribution in [0.1, 0.15) is 23.2 Å². The van der Waals surface area contributed by atoms with E-state index in [1.807, 2.05) is 19.0 Å². The topological polar surface area (TPSA) is 95.4 Å². The third kappa shape index (κ3) is 4.29. The highest BCUT2D eigenvalue weighted by Gasteiger charge is 2.11. The van der Waals surface area contributed by atoms with E-state index < -0.39 is 5.76 Å². The van der Waals surface area contributed by atoms with Crippen molar-refractivity contribution in [1.29, 1.82) is 0 Å². The second-order valence-corrected chi connectivity index (χ2v) is 5.30. The van der Waals surface area contributed by atoms with E-state index in [2.05, 4.69) is 10.3 Å². The van der Waals surface area contributed by atoms with Crippen LogP contribution in [0.3, 0.4) is 0 Å². The minimum Gasteiger partial charge on any atom is -0.408 e. The number of nitrogens with zero attached hydrogens (tertiary/aromatic N) is 1. The molecule has 7 heteroatoms. The average molecular weight is 305 g/mol. The third-order valence-corrected chi connectivity index (χ3v) is 3.20. The van der Waals surface area contributed by atoms with E-state index in [1.165, 1.54) is 6.07 Å². The zero-order chi connectivity index (χ0) is 16.1. The van der Waals surface area contributed by atoms with Gasteiger partial charge in [0.15, 0.2) is 11.4 Å². The van der Waals surface area contributed by atoms with Gasteiger partial charge in [-0.15, -0.1) is 0 Å². The summed E-state index contributed by atoms with van der Waals surface area (Å²) in [5.41, 5.74) is 1.31. The summed E-state index contributed by atoms with van der Waals surface area (Å²) >= 11 is 0. The molecule has 22 heavy (non-hydrogen) atoms. The number of carbonyl (C=O) groups is 2. The highest BCUT2D eigenvalue weighted by atomic mass is 16.4. The number of aromatic nitrogens is 1. The lowest BCUT2D eigenvalue weighted by molar-refractivity contribution is -0.121. The van der Waals surface area contributed by atoms with E-state index in [4.69, 9.17) is 4.42 Å². The van der Waals surface area contributed by atoms with Crippen LogP contribution in [-0.2, 0) is 4.79 Å². The first-order valence-electron chi connectivity index (χ1n) is 7.03. The van der Waals surface area contributed by atoms with Crippen LogP contribution in [0, 0.1) is 0 Å². The van der Waals surface area contributed by atoms with E-state index in [0.29, 0.717) is 23.2 Å². The summed E-state index contributed by atoms with van der Waals surface area (Å²) in [5.74, 6) is -0.863. The van der Waals surface area contributed by atoms with Gasteiger partial charge >= 0.3 is 5.76 Å². The maximum absolute atomic E-state index is 12.1. The minimum absolute atomic E-state index is 0.119. The Morgan fingerprint density at radius 1 is 1.27 bits per heavy atom. The second kappa shape index (κ2) is 7.04. The van der Waals surface area contributed by atoms with Gasteiger partial charge < -0.3 is 14.6 Å². The first kappa shape index (κ1) is 16.0. The molecule has 118 valence electrons. The van der Waals surface area contributed by atoms with Gasteiger partial charge in [0.05, 0.1) is 5.52 Å². The molecule has 0 fully saturated rings. The van der Waals surface area contributed by atoms with Gasteiger partial charge in [0.25, 0.3) is 0 Å². The molecular formula is C15H19N3O4. The molecular weight excluding hydrogens is 286 g/mol. The Kier molecular flexibility index (Phi) is 5.11. The van der Waals surface area contributed by atoms with Crippen LogP contribution >= 0.6 is 0 Å². The molecule has 0 saturated carbocycles. The Labute approximate surface area is 127 Å². The summed E-state index contributed by atoms with van der Waals surface area (Å²) in [4.78, 5) is 39.2. The van der Waals surface area contributed by atoms with Gasteiger partial charge in [0.2, 0.25) is 5.91 Å². The quantitative estimate of drug-likeness (QED) is 0.736. The maximum Gasteiger partial charge on any atom is 0.417 e.